The maximum atomic E-state index is 12.1. The van der Waals surface area contributed by atoms with Crippen molar-refractivity contribution in [1.29, 1.82) is 0 Å². The average Bonchev–Trinajstić information content (AvgIpc) is 3.06. The van der Waals surface area contributed by atoms with Crippen LogP contribution in [0.1, 0.15) is 44.3 Å². The SMILES string of the molecule is COc1cc(CCC(=O)NC[C@@H]2CCCN3CCCC[C@@H]23)on1. The molecule has 1 N–H and O–H groups in total. The number of methoxy groups -OCH3 is 1. The van der Waals surface area contributed by atoms with Gasteiger partial charge < -0.3 is 19.5 Å². The van der Waals surface area contributed by atoms with Gasteiger partial charge in [0, 0.05) is 31.5 Å². The lowest BCUT2D eigenvalue weighted by molar-refractivity contribution is -0.121. The van der Waals surface area contributed by atoms with Crippen molar-refractivity contribution in [2.45, 2.75) is 51.0 Å². The predicted molar refractivity (Wildman–Crippen MR) is 86.3 cm³/mol. The Balaban J connectivity index is 1.41. The zero-order valence-electron chi connectivity index (χ0n) is 13.9. The van der Waals surface area contributed by atoms with Gasteiger partial charge in [0.2, 0.25) is 5.91 Å². The van der Waals surface area contributed by atoms with Gasteiger partial charge in [-0.3, -0.25) is 4.79 Å². The van der Waals surface area contributed by atoms with Crippen molar-refractivity contribution in [2.24, 2.45) is 5.92 Å². The van der Waals surface area contributed by atoms with Crippen molar-refractivity contribution in [1.82, 2.24) is 15.4 Å². The van der Waals surface area contributed by atoms with Crippen LogP contribution in [0.25, 0.3) is 0 Å². The molecule has 0 aliphatic carbocycles. The smallest absolute Gasteiger partial charge is 0.254 e. The summed E-state index contributed by atoms with van der Waals surface area (Å²) in [7, 11) is 1.55. The standard InChI is InChI=1S/C17H27N3O3/c1-22-17-11-14(23-19-17)7-8-16(21)18-12-13-5-4-10-20-9-3-2-6-15(13)20/h11,13,15H,2-10,12H2,1H3,(H,18,21)/t13-,15-/m0/s1. The van der Waals surface area contributed by atoms with Gasteiger partial charge in [0.1, 0.15) is 5.76 Å². The molecule has 2 atom stereocenters. The van der Waals surface area contributed by atoms with E-state index in [1.54, 1.807) is 13.2 Å². The number of piperidine rings is 2. The van der Waals surface area contributed by atoms with Gasteiger partial charge in [-0.2, -0.15) is 0 Å². The van der Waals surface area contributed by atoms with Crippen LogP contribution in [0.15, 0.2) is 10.6 Å². The Morgan fingerprint density at radius 3 is 3.09 bits per heavy atom. The molecule has 0 radical (unpaired) electrons. The minimum atomic E-state index is 0.0910. The number of carbonyl (C=O) groups is 1. The fourth-order valence-electron chi connectivity index (χ4n) is 3.89. The molecule has 0 aromatic carbocycles. The van der Waals surface area contributed by atoms with E-state index in [0.717, 1.165) is 6.54 Å². The second-order valence-corrected chi connectivity index (χ2v) is 6.64. The molecule has 0 spiro atoms. The number of nitrogens with zero attached hydrogens (tertiary/aromatic N) is 2. The molecule has 23 heavy (non-hydrogen) atoms. The first-order chi connectivity index (χ1) is 11.3. The molecule has 0 unspecified atom stereocenters. The Labute approximate surface area is 137 Å². The van der Waals surface area contributed by atoms with E-state index in [0.29, 0.717) is 36.4 Å². The van der Waals surface area contributed by atoms with E-state index >= 15 is 0 Å². The van der Waals surface area contributed by atoms with Crippen LogP contribution < -0.4 is 10.1 Å². The van der Waals surface area contributed by atoms with Crippen molar-refractivity contribution >= 4 is 5.91 Å². The highest BCUT2D eigenvalue weighted by molar-refractivity contribution is 5.76. The van der Waals surface area contributed by atoms with Crippen LogP contribution in [-0.2, 0) is 11.2 Å². The van der Waals surface area contributed by atoms with Gasteiger partial charge in [0.05, 0.1) is 7.11 Å². The Morgan fingerprint density at radius 2 is 2.26 bits per heavy atom. The molecule has 6 nitrogen and oxygen atoms in total. The van der Waals surface area contributed by atoms with E-state index in [1.807, 2.05) is 0 Å². The van der Waals surface area contributed by atoms with E-state index in [9.17, 15) is 4.79 Å². The van der Waals surface area contributed by atoms with Crippen LogP contribution in [0.2, 0.25) is 0 Å². The Bertz CT molecular complexity index is 515. The summed E-state index contributed by atoms with van der Waals surface area (Å²) in [6, 6.07) is 2.41. The zero-order chi connectivity index (χ0) is 16.1. The summed E-state index contributed by atoms with van der Waals surface area (Å²) in [4.78, 5) is 14.7. The van der Waals surface area contributed by atoms with Crippen molar-refractivity contribution in [3.05, 3.63) is 11.8 Å². The molecule has 2 fully saturated rings. The van der Waals surface area contributed by atoms with E-state index in [-0.39, 0.29) is 5.91 Å². The molecule has 1 amide bonds. The van der Waals surface area contributed by atoms with Gasteiger partial charge >= 0.3 is 0 Å². The van der Waals surface area contributed by atoms with E-state index < -0.39 is 0 Å². The Hall–Kier alpha value is -1.56. The number of ether oxygens (including phenoxy) is 1. The van der Waals surface area contributed by atoms with Crippen LogP contribution in [-0.4, -0.2) is 48.7 Å². The molecule has 6 heteroatoms. The van der Waals surface area contributed by atoms with Crippen molar-refractivity contribution in [2.75, 3.05) is 26.7 Å². The summed E-state index contributed by atoms with van der Waals surface area (Å²) < 4.78 is 10.1. The third kappa shape index (κ3) is 4.25. The number of nitrogens with one attached hydrogen (secondary N) is 1. The number of carbonyl (C=O) groups excluding carboxylic acids is 1. The van der Waals surface area contributed by atoms with Crippen LogP contribution in [0.3, 0.4) is 0 Å². The van der Waals surface area contributed by atoms with Gasteiger partial charge in [0.15, 0.2) is 0 Å². The molecule has 0 saturated carbocycles. The third-order valence-corrected chi connectivity index (χ3v) is 5.13. The maximum Gasteiger partial charge on any atom is 0.254 e. The van der Waals surface area contributed by atoms with Gasteiger partial charge in [0.25, 0.3) is 5.88 Å². The molecule has 2 saturated heterocycles. The fourth-order valence-corrected chi connectivity index (χ4v) is 3.89. The van der Waals surface area contributed by atoms with Gasteiger partial charge in [-0.15, -0.1) is 0 Å². The summed E-state index contributed by atoms with van der Waals surface area (Å²) in [6.07, 6.45) is 7.44. The normalized spacial score (nSPS) is 24.9. The average molecular weight is 321 g/mol. The lowest BCUT2D eigenvalue weighted by Gasteiger charge is -2.44. The molecule has 1 aromatic rings. The van der Waals surface area contributed by atoms with E-state index in [2.05, 4.69) is 15.4 Å². The second-order valence-electron chi connectivity index (χ2n) is 6.64. The maximum absolute atomic E-state index is 12.1. The number of hydrogen-bond donors (Lipinski definition) is 1. The number of fused-ring (bicyclic) bond motifs is 1. The zero-order valence-corrected chi connectivity index (χ0v) is 13.9. The largest absolute Gasteiger partial charge is 0.479 e. The fraction of sp³-hybridized carbons (Fsp3) is 0.765. The summed E-state index contributed by atoms with van der Waals surface area (Å²) in [5, 5.41) is 6.86. The van der Waals surface area contributed by atoms with Crippen LogP contribution in [0.4, 0.5) is 0 Å². The summed E-state index contributed by atoms with van der Waals surface area (Å²) in [5.74, 6) is 1.85. The van der Waals surface area contributed by atoms with E-state index in [1.165, 1.54) is 45.2 Å². The summed E-state index contributed by atoms with van der Waals surface area (Å²) >= 11 is 0. The molecule has 3 rings (SSSR count). The number of rotatable bonds is 6. The van der Waals surface area contributed by atoms with Crippen LogP contribution in [0, 0.1) is 5.92 Å². The molecule has 128 valence electrons. The summed E-state index contributed by atoms with van der Waals surface area (Å²) in [6.45, 7) is 3.28. The first-order valence-electron chi connectivity index (χ1n) is 8.76. The number of amides is 1. The molecular formula is C17H27N3O3. The number of hydrogen-bond acceptors (Lipinski definition) is 5. The van der Waals surface area contributed by atoms with Gasteiger partial charge in [-0.05, 0) is 49.8 Å². The van der Waals surface area contributed by atoms with Gasteiger partial charge in [-0.25, -0.2) is 0 Å². The summed E-state index contributed by atoms with van der Waals surface area (Å²) in [5.41, 5.74) is 0. The minimum Gasteiger partial charge on any atom is -0.479 e. The molecule has 2 aliphatic rings. The van der Waals surface area contributed by atoms with Crippen LogP contribution in [0.5, 0.6) is 5.88 Å². The molecule has 0 bridgehead atoms. The highest BCUT2D eigenvalue weighted by Gasteiger charge is 2.32. The number of aromatic nitrogens is 1. The highest BCUT2D eigenvalue weighted by Crippen LogP contribution is 2.30. The molecule has 2 aliphatic heterocycles. The first-order valence-corrected chi connectivity index (χ1v) is 8.76. The molecular weight excluding hydrogens is 294 g/mol. The molecule has 3 heterocycles. The Morgan fingerprint density at radius 1 is 1.39 bits per heavy atom. The van der Waals surface area contributed by atoms with Crippen molar-refractivity contribution < 1.29 is 14.1 Å². The monoisotopic (exact) mass is 321 g/mol. The lowest BCUT2D eigenvalue weighted by Crippen LogP contribution is -2.51. The van der Waals surface area contributed by atoms with Gasteiger partial charge in [-0.1, -0.05) is 6.42 Å². The predicted octanol–water partition coefficient (Wildman–Crippen LogP) is 2.00. The second kappa shape index (κ2) is 7.81. The van der Waals surface area contributed by atoms with Crippen LogP contribution >= 0.6 is 0 Å². The number of aryl methyl sites for hydroxylation is 1. The molecule has 1 aromatic heterocycles. The van der Waals surface area contributed by atoms with E-state index in [4.69, 9.17) is 9.26 Å². The topological polar surface area (TPSA) is 67.6 Å². The van der Waals surface area contributed by atoms with Crippen molar-refractivity contribution in [3.8, 4) is 5.88 Å². The quantitative estimate of drug-likeness (QED) is 0.868. The first kappa shape index (κ1) is 16.3. The highest BCUT2D eigenvalue weighted by atomic mass is 16.5. The third-order valence-electron chi connectivity index (χ3n) is 5.13. The van der Waals surface area contributed by atoms with Crippen molar-refractivity contribution in [3.63, 3.8) is 0 Å². The Kier molecular flexibility index (Phi) is 5.54. The lowest BCUT2D eigenvalue weighted by atomic mass is 9.83. The minimum absolute atomic E-state index is 0.0910.